The maximum absolute atomic E-state index is 12.6. The fourth-order valence-electron chi connectivity index (χ4n) is 3.97. The number of aromatic nitrogens is 3. The first-order valence-electron chi connectivity index (χ1n) is 11.4. The molecule has 1 fully saturated rings. The highest BCUT2D eigenvalue weighted by Crippen LogP contribution is 2.25. The van der Waals surface area contributed by atoms with E-state index < -0.39 is 4.92 Å². The summed E-state index contributed by atoms with van der Waals surface area (Å²) >= 11 is 1.65. The molecule has 180 valence electrons. The van der Waals surface area contributed by atoms with Crippen LogP contribution < -0.4 is 4.90 Å². The average molecular weight is 485 g/mol. The van der Waals surface area contributed by atoms with Gasteiger partial charge in [-0.25, -0.2) is 0 Å². The SMILES string of the molecule is CCn1c(SCCCCC(=O)N2CCN(c3ccc([N+](=O)[O-])cc3)CC2)nnc1-c1ccco1. The molecule has 1 aromatic carbocycles. The zero-order valence-corrected chi connectivity index (χ0v) is 19.9. The van der Waals surface area contributed by atoms with Gasteiger partial charge in [0.05, 0.1) is 11.2 Å². The summed E-state index contributed by atoms with van der Waals surface area (Å²) in [5.74, 6) is 2.50. The van der Waals surface area contributed by atoms with Crippen molar-refractivity contribution in [3.63, 3.8) is 0 Å². The maximum atomic E-state index is 12.6. The first kappa shape index (κ1) is 23.8. The van der Waals surface area contributed by atoms with Crippen LogP contribution in [0.3, 0.4) is 0 Å². The number of benzene rings is 1. The van der Waals surface area contributed by atoms with Crippen molar-refractivity contribution in [2.45, 2.75) is 37.9 Å². The predicted octanol–water partition coefficient (Wildman–Crippen LogP) is 4.08. The Kier molecular flexibility index (Phi) is 7.84. The van der Waals surface area contributed by atoms with Gasteiger partial charge in [0.25, 0.3) is 5.69 Å². The summed E-state index contributed by atoms with van der Waals surface area (Å²) in [5.41, 5.74) is 1.04. The molecule has 2 aromatic heterocycles. The lowest BCUT2D eigenvalue weighted by atomic mass is 10.2. The molecule has 11 heteroatoms. The molecule has 1 amide bonds. The zero-order valence-electron chi connectivity index (χ0n) is 19.1. The maximum Gasteiger partial charge on any atom is 0.269 e. The summed E-state index contributed by atoms with van der Waals surface area (Å²) in [6.07, 6.45) is 3.92. The minimum absolute atomic E-state index is 0.0867. The largest absolute Gasteiger partial charge is 0.461 e. The van der Waals surface area contributed by atoms with E-state index in [9.17, 15) is 14.9 Å². The van der Waals surface area contributed by atoms with Crippen LogP contribution in [0.5, 0.6) is 0 Å². The third-order valence-corrected chi connectivity index (χ3v) is 6.90. The lowest BCUT2D eigenvalue weighted by Crippen LogP contribution is -2.48. The quantitative estimate of drug-likeness (QED) is 0.183. The van der Waals surface area contributed by atoms with Gasteiger partial charge in [0, 0.05) is 62.7 Å². The van der Waals surface area contributed by atoms with Crippen molar-refractivity contribution < 1.29 is 14.1 Å². The highest BCUT2D eigenvalue weighted by Gasteiger charge is 2.21. The van der Waals surface area contributed by atoms with E-state index in [2.05, 4.69) is 22.0 Å². The Morgan fingerprint density at radius 3 is 2.53 bits per heavy atom. The Labute approximate surface area is 202 Å². The molecule has 4 rings (SSSR count). The van der Waals surface area contributed by atoms with Crippen molar-refractivity contribution in [3.05, 3.63) is 52.8 Å². The standard InChI is InChI=1S/C23H28N6O4S/c1-2-28-22(20-6-5-16-33-20)24-25-23(28)34-17-4-3-7-21(30)27-14-12-26(13-15-27)18-8-10-19(11-9-18)29(31)32/h5-6,8-11,16H,2-4,7,12-15,17H2,1H3. The van der Waals surface area contributed by atoms with Crippen LogP contribution in [-0.4, -0.2) is 62.4 Å². The second kappa shape index (κ2) is 11.2. The number of furan rings is 1. The minimum Gasteiger partial charge on any atom is -0.461 e. The predicted molar refractivity (Wildman–Crippen MR) is 130 cm³/mol. The molecule has 0 unspecified atom stereocenters. The fourth-order valence-corrected chi connectivity index (χ4v) is 4.97. The van der Waals surface area contributed by atoms with Gasteiger partial charge in [0.1, 0.15) is 0 Å². The average Bonchev–Trinajstić information content (AvgIpc) is 3.53. The number of anilines is 1. The molecular weight excluding hydrogens is 456 g/mol. The van der Waals surface area contributed by atoms with Gasteiger partial charge in [-0.05, 0) is 44.0 Å². The number of piperazine rings is 1. The molecule has 34 heavy (non-hydrogen) atoms. The van der Waals surface area contributed by atoms with Crippen LogP contribution >= 0.6 is 11.8 Å². The van der Waals surface area contributed by atoms with Crippen molar-refractivity contribution in [2.75, 3.05) is 36.8 Å². The fraction of sp³-hybridized carbons (Fsp3) is 0.435. The molecule has 0 N–H and O–H groups in total. The van der Waals surface area contributed by atoms with E-state index in [1.54, 1.807) is 30.2 Å². The summed E-state index contributed by atoms with van der Waals surface area (Å²) < 4.78 is 7.49. The van der Waals surface area contributed by atoms with Gasteiger partial charge in [0.15, 0.2) is 16.7 Å². The van der Waals surface area contributed by atoms with Crippen LogP contribution in [0.15, 0.2) is 52.2 Å². The summed E-state index contributed by atoms with van der Waals surface area (Å²) in [6, 6.07) is 10.3. The normalized spacial score (nSPS) is 13.9. The number of carbonyl (C=O) groups is 1. The van der Waals surface area contributed by atoms with E-state index in [0.29, 0.717) is 25.3 Å². The second-order valence-electron chi connectivity index (χ2n) is 7.97. The molecule has 0 spiro atoms. The summed E-state index contributed by atoms with van der Waals surface area (Å²) in [6.45, 7) is 5.60. The zero-order chi connectivity index (χ0) is 23.9. The molecule has 10 nitrogen and oxygen atoms in total. The Morgan fingerprint density at radius 2 is 1.88 bits per heavy atom. The van der Waals surface area contributed by atoms with E-state index in [0.717, 1.165) is 54.9 Å². The summed E-state index contributed by atoms with van der Waals surface area (Å²) in [4.78, 5) is 27.1. The van der Waals surface area contributed by atoms with Gasteiger partial charge in [-0.15, -0.1) is 10.2 Å². The molecule has 0 radical (unpaired) electrons. The molecule has 1 aliphatic rings. The highest BCUT2D eigenvalue weighted by molar-refractivity contribution is 7.99. The molecule has 0 saturated carbocycles. The van der Waals surface area contributed by atoms with Crippen molar-refractivity contribution in [1.82, 2.24) is 19.7 Å². The number of nitro benzene ring substituents is 1. The Bertz CT molecular complexity index is 1090. The van der Waals surface area contributed by atoms with E-state index >= 15 is 0 Å². The molecule has 1 saturated heterocycles. The van der Waals surface area contributed by atoms with Crippen molar-refractivity contribution in [2.24, 2.45) is 0 Å². The van der Waals surface area contributed by atoms with Gasteiger partial charge in [-0.1, -0.05) is 11.8 Å². The van der Waals surface area contributed by atoms with Crippen molar-refractivity contribution in [3.8, 4) is 11.6 Å². The molecule has 0 atom stereocenters. The number of hydrogen-bond acceptors (Lipinski definition) is 8. The lowest BCUT2D eigenvalue weighted by Gasteiger charge is -2.36. The molecule has 1 aliphatic heterocycles. The Balaban J connectivity index is 1.17. The second-order valence-corrected chi connectivity index (χ2v) is 9.04. The summed E-state index contributed by atoms with van der Waals surface area (Å²) in [5, 5.41) is 20.2. The van der Waals surface area contributed by atoms with E-state index in [-0.39, 0.29) is 11.6 Å². The Hall–Kier alpha value is -3.34. The minimum atomic E-state index is -0.397. The number of thioether (sulfide) groups is 1. The monoisotopic (exact) mass is 484 g/mol. The number of rotatable bonds is 10. The lowest BCUT2D eigenvalue weighted by molar-refractivity contribution is -0.384. The van der Waals surface area contributed by atoms with Crippen molar-refractivity contribution in [1.29, 1.82) is 0 Å². The highest BCUT2D eigenvalue weighted by atomic mass is 32.2. The van der Waals surface area contributed by atoms with Crippen LogP contribution in [0.2, 0.25) is 0 Å². The first-order valence-corrected chi connectivity index (χ1v) is 12.4. The van der Waals surface area contributed by atoms with Gasteiger partial charge in [-0.3, -0.25) is 19.5 Å². The molecule has 0 bridgehead atoms. The third-order valence-electron chi connectivity index (χ3n) is 5.85. The topological polar surface area (TPSA) is 111 Å². The molecule has 3 heterocycles. The van der Waals surface area contributed by atoms with Gasteiger partial charge in [0.2, 0.25) is 5.91 Å². The first-order chi connectivity index (χ1) is 16.6. The van der Waals surface area contributed by atoms with Gasteiger partial charge in [-0.2, -0.15) is 0 Å². The number of unbranched alkanes of at least 4 members (excludes halogenated alkanes) is 1. The molecule has 0 aliphatic carbocycles. The van der Waals surface area contributed by atoms with E-state index in [1.807, 2.05) is 21.6 Å². The van der Waals surface area contributed by atoms with Crippen LogP contribution in [0.4, 0.5) is 11.4 Å². The molecular formula is C23H28N6O4S. The number of amides is 1. The summed E-state index contributed by atoms with van der Waals surface area (Å²) in [7, 11) is 0. The van der Waals surface area contributed by atoms with E-state index in [4.69, 9.17) is 4.42 Å². The molecule has 3 aromatic rings. The number of non-ortho nitro benzene ring substituents is 1. The number of hydrogen-bond donors (Lipinski definition) is 0. The van der Waals surface area contributed by atoms with Crippen LogP contribution in [0.25, 0.3) is 11.6 Å². The van der Waals surface area contributed by atoms with E-state index in [1.165, 1.54) is 12.1 Å². The van der Waals surface area contributed by atoms with Crippen LogP contribution in [-0.2, 0) is 11.3 Å². The number of carbonyl (C=O) groups excluding carboxylic acids is 1. The Morgan fingerprint density at radius 1 is 1.12 bits per heavy atom. The van der Waals surface area contributed by atoms with Crippen molar-refractivity contribution >= 4 is 29.0 Å². The van der Waals surface area contributed by atoms with Gasteiger partial charge < -0.3 is 14.2 Å². The van der Waals surface area contributed by atoms with Crippen LogP contribution in [0, 0.1) is 10.1 Å². The third kappa shape index (κ3) is 5.58. The van der Waals surface area contributed by atoms with Gasteiger partial charge >= 0.3 is 0 Å². The van der Waals surface area contributed by atoms with Crippen LogP contribution in [0.1, 0.15) is 26.2 Å². The number of nitrogens with zero attached hydrogens (tertiary/aromatic N) is 6. The number of nitro groups is 1. The smallest absolute Gasteiger partial charge is 0.269 e.